The molecule has 0 bridgehead atoms. The molecule has 10 heavy (non-hydrogen) atoms. The molecule has 0 saturated carbocycles. The summed E-state index contributed by atoms with van der Waals surface area (Å²) in [6.45, 7) is 0. The fourth-order valence-corrected chi connectivity index (χ4v) is 0. The number of carbonyl (C=O) groups excluding carboxylic acids is 2. The van der Waals surface area contributed by atoms with Crippen LogP contribution in [0.2, 0.25) is 0 Å². The normalized spacial score (nSPS) is 4.40. The van der Waals surface area contributed by atoms with E-state index in [0.29, 0.717) is 0 Å². The number of rotatable bonds is 0. The number of carbonyl (C=O) groups is 2. The molecule has 0 amide bonds. The number of carboxylic acid groups (broad SMARTS) is 2. The predicted octanol–water partition coefficient (Wildman–Crippen LogP) is -3.52. The van der Waals surface area contributed by atoms with Gasteiger partial charge in [-0.05, 0) is 0 Å². The molecule has 0 atom stereocenters. The van der Waals surface area contributed by atoms with E-state index in [1.54, 1.807) is 0 Å². The molecule has 0 fully saturated rings. The van der Waals surface area contributed by atoms with Gasteiger partial charge in [0.2, 0.25) is 0 Å². The van der Waals surface area contributed by atoms with Gasteiger partial charge < -0.3 is 19.8 Å². The maximum atomic E-state index is 8.93. The van der Waals surface area contributed by atoms with Crippen molar-refractivity contribution in [1.82, 2.24) is 0 Å². The second kappa shape index (κ2) is 16.6. The molecule has 0 aliphatic rings. The average Bonchev–Trinajstić information content (AvgIpc) is 1.36. The van der Waals surface area contributed by atoms with Crippen molar-refractivity contribution in [1.29, 1.82) is 0 Å². The molecule has 0 aromatic heterocycles. The zero-order chi connectivity index (χ0) is 5.15. The summed E-state index contributed by atoms with van der Waals surface area (Å²) in [7, 11) is 0. The van der Waals surface area contributed by atoms with Crippen molar-refractivity contribution < 1.29 is 89.0 Å². The molecule has 0 saturated heterocycles. The van der Waals surface area contributed by atoms with E-state index in [1.165, 1.54) is 0 Å². The molecule has 8 heteroatoms. The van der Waals surface area contributed by atoms with Gasteiger partial charge in [0.25, 0.3) is 0 Å². The fraction of sp³-hybridized carbons (Fsp3) is 0. The van der Waals surface area contributed by atoms with E-state index in [4.69, 9.17) is 19.8 Å². The molecule has 0 heterocycles. The second-order valence-corrected chi connectivity index (χ2v) is 0.575. The summed E-state index contributed by atoms with van der Waals surface area (Å²) in [4.78, 5) is 17.9. The van der Waals surface area contributed by atoms with E-state index in [1.807, 2.05) is 0 Å². The minimum absolute atomic E-state index is 0. The Morgan fingerprint density at radius 3 is 1.10 bits per heavy atom. The summed E-state index contributed by atoms with van der Waals surface area (Å²) < 4.78 is 0. The minimum atomic E-state index is -2.19. The Kier molecular flexibility index (Phi) is 50.5. The van der Waals surface area contributed by atoms with Crippen molar-refractivity contribution in [3.05, 3.63) is 0 Å². The van der Waals surface area contributed by atoms with Crippen LogP contribution in [0.5, 0.6) is 0 Å². The van der Waals surface area contributed by atoms with E-state index in [9.17, 15) is 0 Å². The zero-order valence-corrected chi connectivity index (χ0v) is 8.80. The SMILES string of the molecule is O=C([O-])C(=O)[O-].[Fe+2].[Mn+2].[Ni+2].[V+5]. The van der Waals surface area contributed by atoms with Gasteiger partial charge in [-0.15, -0.1) is 0 Å². The van der Waals surface area contributed by atoms with Gasteiger partial charge in [-0.1, -0.05) is 0 Å². The van der Waals surface area contributed by atoms with Crippen molar-refractivity contribution in [2.75, 3.05) is 0 Å². The molecule has 0 unspecified atom stereocenters. The molecule has 0 aliphatic carbocycles. The van der Waals surface area contributed by atoms with Gasteiger partial charge >= 0.3 is 69.2 Å². The maximum absolute atomic E-state index is 8.93. The van der Waals surface area contributed by atoms with Crippen molar-refractivity contribution >= 4 is 11.9 Å². The van der Waals surface area contributed by atoms with Crippen LogP contribution in [0.25, 0.3) is 0 Å². The molecule has 0 N–H and O–H groups in total. The van der Waals surface area contributed by atoms with Gasteiger partial charge in [-0.2, -0.15) is 0 Å². The smallest absolute Gasteiger partial charge is 0.543 e. The van der Waals surface area contributed by atoms with Crippen molar-refractivity contribution in [2.24, 2.45) is 0 Å². The maximum Gasteiger partial charge on any atom is 5.00 e. The van der Waals surface area contributed by atoms with Gasteiger partial charge in [0, 0.05) is 0 Å². The van der Waals surface area contributed by atoms with Crippen LogP contribution in [0.15, 0.2) is 0 Å². The second-order valence-electron chi connectivity index (χ2n) is 0.575. The number of hydrogen-bond donors (Lipinski definition) is 0. The summed E-state index contributed by atoms with van der Waals surface area (Å²) in [5, 5.41) is 17.9. The quantitative estimate of drug-likeness (QED) is 0.343. The van der Waals surface area contributed by atoms with Crippen LogP contribution in [0, 0.1) is 0 Å². The molecular formula is C2FeMnNiO4V+9. The van der Waals surface area contributed by atoms with Crippen molar-refractivity contribution in [3.8, 4) is 0 Å². The van der Waals surface area contributed by atoms with Crippen molar-refractivity contribution in [3.63, 3.8) is 0 Å². The minimum Gasteiger partial charge on any atom is -0.543 e. The molecular weight excluding hydrogens is 308 g/mol. The number of carboxylic acids is 2. The Morgan fingerprint density at radius 2 is 1.10 bits per heavy atom. The largest absolute Gasteiger partial charge is 5.00 e. The van der Waals surface area contributed by atoms with Crippen LogP contribution in [0.1, 0.15) is 0 Å². The van der Waals surface area contributed by atoms with Gasteiger partial charge in [0.1, 0.15) is 0 Å². The Bertz CT molecular complexity index is 89.3. The first-order chi connectivity index (χ1) is 2.64. The van der Waals surface area contributed by atoms with E-state index >= 15 is 0 Å². The van der Waals surface area contributed by atoms with Crippen molar-refractivity contribution in [2.45, 2.75) is 0 Å². The summed E-state index contributed by atoms with van der Waals surface area (Å²) in [6.07, 6.45) is 0. The van der Waals surface area contributed by atoms with Crippen LogP contribution in [-0.4, -0.2) is 11.9 Å². The van der Waals surface area contributed by atoms with E-state index in [2.05, 4.69) is 0 Å². The molecule has 0 aromatic rings. The third-order valence-electron chi connectivity index (χ3n) is 0.167. The molecule has 0 aromatic carbocycles. The first-order valence-electron chi connectivity index (χ1n) is 1.07. The Labute approximate surface area is 100 Å². The van der Waals surface area contributed by atoms with Gasteiger partial charge in [-0.3, -0.25) is 0 Å². The van der Waals surface area contributed by atoms with Crippen LogP contribution >= 0.6 is 0 Å². The Morgan fingerprint density at radius 1 is 1.00 bits per heavy atom. The van der Waals surface area contributed by atoms with E-state index < -0.39 is 11.9 Å². The molecule has 0 spiro atoms. The molecule has 0 rings (SSSR count). The third-order valence-corrected chi connectivity index (χ3v) is 0.167. The van der Waals surface area contributed by atoms with Crippen LogP contribution in [0.3, 0.4) is 0 Å². The molecule has 53 valence electrons. The molecule has 0 aliphatic heterocycles. The van der Waals surface area contributed by atoms with Crippen LogP contribution in [0.4, 0.5) is 0 Å². The average molecular weight is 308 g/mol. The first-order valence-corrected chi connectivity index (χ1v) is 1.07. The van der Waals surface area contributed by atoms with Gasteiger partial charge in [0.15, 0.2) is 0 Å². The summed E-state index contributed by atoms with van der Waals surface area (Å²) in [5.74, 6) is -4.37. The van der Waals surface area contributed by atoms with E-state index in [-0.39, 0.29) is 69.2 Å². The fourth-order valence-electron chi connectivity index (χ4n) is 0. The standard InChI is InChI=1S/C2H2O4.Fe.Mn.Ni.V/c3-1(4)2(5)6;;;;/h(H,3,4)(H,5,6);;;;/q;3*+2;+5/p-2. The predicted molar refractivity (Wildman–Crippen MR) is 10.0 cm³/mol. The molecule has 1 radical (unpaired) electrons. The number of hydrogen-bond acceptors (Lipinski definition) is 4. The van der Waals surface area contributed by atoms with Crippen LogP contribution in [-0.2, 0) is 78.8 Å². The Balaban J connectivity index is -0.0000000208. The van der Waals surface area contributed by atoms with E-state index in [0.717, 1.165) is 0 Å². The molecule has 4 nitrogen and oxygen atoms in total. The third kappa shape index (κ3) is 23.0. The zero-order valence-electron chi connectivity index (χ0n) is 4.13. The summed E-state index contributed by atoms with van der Waals surface area (Å²) in [5.41, 5.74) is 0. The van der Waals surface area contributed by atoms with Gasteiger partial charge in [-0.25, -0.2) is 0 Å². The monoisotopic (exact) mass is 308 g/mol. The number of aliphatic carboxylic acids is 2. The first kappa shape index (κ1) is 30.5. The van der Waals surface area contributed by atoms with Gasteiger partial charge in [0.05, 0.1) is 11.9 Å². The summed E-state index contributed by atoms with van der Waals surface area (Å²) in [6, 6.07) is 0. The van der Waals surface area contributed by atoms with Crippen LogP contribution < -0.4 is 10.2 Å². The topological polar surface area (TPSA) is 80.3 Å². The Hall–Kier alpha value is 1.06. The summed E-state index contributed by atoms with van der Waals surface area (Å²) >= 11 is 0.